The van der Waals surface area contributed by atoms with Crippen LogP contribution < -0.4 is 10.6 Å². The first-order chi connectivity index (χ1) is 11.0. The fraction of sp³-hybridized carbons (Fsp3) is 0.429. The van der Waals surface area contributed by atoms with Crippen molar-refractivity contribution in [1.82, 2.24) is 10.6 Å². The van der Waals surface area contributed by atoms with Gasteiger partial charge in [-0.3, -0.25) is 0 Å². The van der Waals surface area contributed by atoms with Crippen molar-refractivity contribution >= 4 is 0 Å². The highest BCUT2D eigenvalue weighted by Crippen LogP contribution is 2.51. The Morgan fingerprint density at radius 1 is 0.826 bits per heavy atom. The molecule has 0 unspecified atom stereocenters. The normalized spacial score (nSPS) is 15.3. The van der Waals surface area contributed by atoms with Gasteiger partial charge in [0, 0.05) is 18.5 Å². The standard InChI is InChI=1S/C21H28N2/c1-20(2,3)17-11-8-12-18-19(17)15-9-6-7-10-16(15)21(18,13-22-4)14-23-5/h6-12,22-23H,13-14H2,1-5H3. The minimum absolute atomic E-state index is 0.00329. The van der Waals surface area contributed by atoms with E-state index in [1.165, 1.54) is 27.8 Å². The number of likely N-dealkylation sites (N-methyl/N-ethyl adjacent to an activating group) is 2. The lowest BCUT2D eigenvalue weighted by atomic mass is 9.76. The number of hydrogen-bond acceptors (Lipinski definition) is 2. The van der Waals surface area contributed by atoms with Crippen LogP contribution in [0.25, 0.3) is 11.1 Å². The van der Waals surface area contributed by atoms with Crippen LogP contribution in [-0.2, 0) is 10.8 Å². The van der Waals surface area contributed by atoms with Crippen molar-refractivity contribution in [2.75, 3.05) is 27.2 Å². The fourth-order valence-corrected chi connectivity index (χ4v) is 4.18. The molecule has 1 aliphatic rings. The van der Waals surface area contributed by atoms with Gasteiger partial charge in [0.15, 0.2) is 0 Å². The molecule has 2 aromatic rings. The number of rotatable bonds is 4. The van der Waals surface area contributed by atoms with Gasteiger partial charge in [0.05, 0.1) is 0 Å². The van der Waals surface area contributed by atoms with Crippen LogP contribution in [0.2, 0.25) is 0 Å². The maximum absolute atomic E-state index is 3.44. The van der Waals surface area contributed by atoms with E-state index in [1.807, 2.05) is 14.1 Å². The Morgan fingerprint density at radius 3 is 2.04 bits per heavy atom. The van der Waals surface area contributed by atoms with E-state index < -0.39 is 0 Å². The summed E-state index contributed by atoms with van der Waals surface area (Å²) >= 11 is 0. The molecule has 0 atom stereocenters. The zero-order chi connectivity index (χ0) is 16.7. The first-order valence-corrected chi connectivity index (χ1v) is 8.49. The summed E-state index contributed by atoms with van der Waals surface area (Å²) in [5.41, 5.74) is 7.31. The maximum Gasteiger partial charge on any atom is 0.0463 e. The monoisotopic (exact) mass is 308 g/mol. The first kappa shape index (κ1) is 16.2. The second-order valence-electron chi connectivity index (χ2n) is 7.67. The van der Waals surface area contributed by atoms with Crippen LogP contribution in [0.4, 0.5) is 0 Å². The summed E-state index contributed by atoms with van der Waals surface area (Å²) in [6.07, 6.45) is 0. The van der Waals surface area contributed by atoms with E-state index in [4.69, 9.17) is 0 Å². The van der Waals surface area contributed by atoms with E-state index >= 15 is 0 Å². The second kappa shape index (κ2) is 5.77. The molecule has 0 aromatic heterocycles. The molecule has 0 radical (unpaired) electrons. The van der Waals surface area contributed by atoms with Crippen LogP contribution in [0.5, 0.6) is 0 Å². The van der Waals surface area contributed by atoms with Crippen molar-refractivity contribution in [3.63, 3.8) is 0 Å². The molecule has 2 N–H and O–H groups in total. The average Bonchev–Trinajstić information content (AvgIpc) is 2.79. The van der Waals surface area contributed by atoms with Crippen LogP contribution in [-0.4, -0.2) is 27.2 Å². The third kappa shape index (κ3) is 2.41. The lowest BCUT2D eigenvalue weighted by Gasteiger charge is -2.32. The lowest BCUT2D eigenvalue weighted by Crippen LogP contribution is -2.44. The number of hydrogen-bond donors (Lipinski definition) is 2. The second-order valence-corrected chi connectivity index (χ2v) is 7.67. The van der Waals surface area contributed by atoms with Crippen LogP contribution >= 0.6 is 0 Å². The summed E-state index contributed by atoms with van der Waals surface area (Å²) < 4.78 is 0. The van der Waals surface area contributed by atoms with Gasteiger partial charge in [-0.1, -0.05) is 63.2 Å². The van der Waals surface area contributed by atoms with Crippen LogP contribution in [0.15, 0.2) is 42.5 Å². The smallest absolute Gasteiger partial charge is 0.0463 e. The van der Waals surface area contributed by atoms with E-state index in [9.17, 15) is 0 Å². The van der Waals surface area contributed by atoms with E-state index in [0.717, 1.165) is 13.1 Å². The topological polar surface area (TPSA) is 24.1 Å². The minimum atomic E-state index is -0.00329. The van der Waals surface area contributed by atoms with E-state index in [-0.39, 0.29) is 10.8 Å². The molecular weight excluding hydrogens is 280 g/mol. The number of nitrogens with one attached hydrogen (secondary N) is 2. The SMILES string of the molecule is CNCC1(CNC)c2ccccc2-c2c(C(C)(C)C)cccc21. The fourth-order valence-electron chi connectivity index (χ4n) is 4.18. The van der Waals surface area contributed by atoms with Crippen molar-refractivity contribution in [1.29, 1.82) is 0 Å². The maximum atomic E-state index is 3.44. The highest BCUT2D eigenvalue weighted by atomic mass is 14.9. The van der Waals surface area contributed by atoms with Crippen molar-refractivity contribution < 1.29 is 0 Å². The summed E-state index contributed by atoms with van der Waals surface area (Å²) in [6.45, 7) is 8.79. The molecule has 1 aliphatic carbocycles. The molecular formula is C21H28N2. The van der Waals surface area contributed by atoms with Gasteiger partial charge >= 0.3 is 0 Å². The highest BCUT2D eigenvalue weighted by molar-refractivity contribution is 5.84. The van der Waals surface area contributed by atoms with Gasteiger partial charge in [0.2, 0.25) is 0 Å². The molecule has 0 aliphatic heterocycles. The third-order valence-electron chi connectivity index (χ3n) is 5.06. The summed E-state index contributed by atoms with van der Waals surface area (Å²) in [6, 6.07) is 15.8. The predicted octanol–water partition coefficient (Wildman–Crippen LogP) is 3.69. The predicted molar refractivity (Wildman–Crippen MR) is 99.2 cm³/mol. The van der Waals surface area contributed by atoms with E-state index in [0.29, 0.717) is 0 Å². The Morgan fingerprint density at radius 2 is 1.43 bits per heavy atom. The molecule has 2 nitrogen and oxygen atoms in total. The van der Waals surface area contributed by atoms with Gasteiger partial charge in [0.1, 0.15) is 0 Å². The van der Waals surface area contributed by atoms with Gasteiger partial charge < -0.3 is 10.6 Å². The Balaban J connectivity index is 2.37. The van der Waals surface area contributed by atoms with E-state index in [2.05, 4.69) is 73.9 Å². The highest BCUT2D eigenvalue weighted by Gasteiger charge is 2.43. The summed E-state index contributed by atoms with van der Waals surface area (Å²) in [5, 5.41) is 6.87. The van der Waals surface area contributed by atoms with Gasteiger partial charge in [-0.15, -0.1) is 0 Å². The zero-order valence-electron chi connectivity index (χ0n) is 15.0. The minimum Gasteiger partial charge on any atom is -0.318 e. The molecule has 2 heteroatoms. The quantitative estimate of drug-likeness (QED) is 0.900. The molecule has 0 saturated carbocycles. The van der Waals surface area contributed by atoms with Crippen molar-refractivity contribution in [2.45, 2.75) is 31.6 Å². The van der Waals surface area contributed by atoms with Crippen LogP contribution in [0, 0.1) is 0 Å². The molecule has 0 fully saturated rings. The Kier molecular flexibility index (Phi) is 4.07. The number of fused-ring (bicyclic) bond motifs is 3. The van der Waals surface area contributed by atoms with Gasteiger partial charge in [-0.25, -0.2) is 0 Å². The van der Waals surface area contributed by atoms with E-state index in [1.54, 1.807) is 0 Å². The Hall–Kier alpha value is -1.64. The van der Waals surface area contributed by atoms with Gasteiger partial charge in [-0.05, 0) is 47.3 Å². The van der Waals surface area contributed by atoms with Crippen molar-refractivity contribution in [3.05, 3.63) is 59.2 Å². The van der Waals surface area contributed by atoms with Crippen LogP contribution in [0.1, 0.15) is 37.5 Å². The van der Waals surface area contributed by atoms with Crippen molar-refractivity contribution in [3.8, 4) is 11.1 Å². The number of benzene rings is 2. The van der Waals surface area contributed by atoms with Gasteiger partial charge in [0.25, 0.3) is 0 Å². The summed E-state index contributed by atoms with van der Waals surface area (Å²) in [4.78, 5) is 0. The summed E-state index contributed by atoms with van der Waals surface area (Å²) in [7, 11) is 4.09. The molecule has 0 bridgehead atoms. The molecule has 3 rings (SSSR count). The molecule has 0 heterocycles. The molecule has 0 spiro atoms. The average molecular weight is 308 g/mol. The Labute approximate surface area is 140 Å². The summed E-state index contributed by atoms with van der Waals surface area (Å²) in [5.74, 6) is 0. The lowest BCUT2D eigenvalue weighted by molar-refractivity contribution is 0.472. The molecule has 0 amide bonds. The largest absolute Gasteiger partial charge is 0.318 e. The van der Waals surface area contributed by atoms with Crippen molar-refractivity contribution in [2.24, 2.45) is 0 Å². The molecule has 23 heavy (non-hydrogen) atoms. The Bertz CT molecular complexity index is 704. The molecule has 122 valence electrons. The van der Waals surface area contributed by atoms with Crippen LogP contribution in [0.3, 0.4) is 0 Å². The first-order valence-electron chi connectivity index (χ1n) is 8.49. The third-order valence-corrected chi connectivity index (χ3v) is 5.06. The molecule has 0 saturated heterocycles. The molecule has 2 aromatic carbocycles. The zero-order valence-corrected chi connectivity index (χ0v) is 15.0. The van der Waals surface area contributed by atoms with Gasteiger partial charge in [-0.2, -0.15) is 0 Å².